The summed E-state index contributed by atoms with van der Waals surface area (Å²) in [5, 5.41) is 8.52. The number of allylic oxidation sites excluding steroid dienone is 3. The van der Waals surface area contributed by atoms with Gasteiger partial charge in [0.1, 0.15) is 0 Å². The van der Waals surface area contributed by atoms with Crippen molar-refractivity contribution in [2.75, 3.05) is 0 Å². The first-order valence-electron chi connectivity index (χ1n) is 13.1. The molecule has 0 fully saturated rings. The molecule has 2 aromatic carbocycles. The number of rotatable bonds is 6. The molecular formula is C33H31NOS2. The van der Waals surface area contributed by atoms with Crippen LogP contribution in [0.5, 0.6) is 0 Å². The van der Waals surface area contributed by atoms with Crippen molar-refractivity contribution in [1.82, 2.24) is 4.90 Å². The van der Waals surface area contributed by atoms with E-state index in [1.807, 2.05) is 18.2 Å². The highest BCUT2D eigenvalue weighted by Gasteiger charge is 2.31. The van der Waals surface area contributed by atoms with Gasteiger partial charge >= 0.3 is 0 Å². The molecule has 1 unspecified atom stereocenters. The summed E-state index contributed by atoms with van der Waals surface area (Å²) in [5.74, 6) is 0.140. The van der Waals surface area contributed by atoms with Crippen LogP contribution < -0.4 is 0 Å². The summed E-state index contributed by atoms with van der Waals surface area (Å²) in [6.07, 6.45) is 11.1. The summed E-state index contributed by atoms with van der Waals surface area (Å²) in [6, 6.07) is 21.3. The van der Waals surface area contributed by atoms with Crippen molar-refractivity contribution in [2.45, 2.75) is 51.1 Å². The van der Waals surface area contributed by atoms with E-state index in [1.54, 1.807) is 33.8 Å². The summed E-state index contributed by atoms with van der Waals surface area (Å²) >= 11 is 3.39. The first-order valence-corrected chi connectivity index (χ1v) is 15.0. The topological polar surface area (TPSA) is 20.3 Å². The average Bonchev–Trinajstić information content (AvgIpc) is 3.63. The van der Waals surface area contributed by atoms with Crippen LogP contribution in [0.1, 0.15) is 54.4 Å². The molecule has 2 nitrogen and oxygen atoms in total. The molecule has 4 heteroatoms. The minimum absolute atomic E-state index is 0.140. The van der Waals surface area contributed by atoms with Gasteiger partial charge in [0.2, 0.25) is 0 Å². The van der Waals surface area contributed by atoms with Gasteiger partial charge in [-0.25, -0.2) is 0 Å². The third kappa shape index (κ3) is 5.27. The Hall–Kier alpha value is -3.21. The Morgan fingerprint density at radius 1 is 0.838 bits per heavy atom. The average molecular weight is 522 g/mol. The Balaban J connectivity index is 1.36. The number of nitrogens with zero attached hydrogens (tertiary/aromatic N) is 1. The Labute approximate surface area is 227 Å². The zero-order valence-electron chi connectivity index (χ0n) is 20.9. The van der Waals surface area contributed by atoms with Crippen molar-refractivity contribution < 1.29 is 4.79 Å². The molecule has 0 saturated carbocycles. The lowest BCUT2D eigenvalue weighted by Gasteiger charge is -2.37. The molecule has 0 saturated heterocycles. The van der Waals surface area contributed by atoms with Gasteiger partial charge in [-0.1, -0.05) is 59.7 Å². The van der Waals surface area contributed by atoms with E-state index in [2.05, 4.69) is 81.0 Å². The Morgan fingerprint density at radius 3 is 2.51 bits per heavy atom. The van der Waals surface area contributed by atoms with Crippen LogP contribution in [-0.4, -0.2) is 16.8 Å². The van der Waals surface area contributed by atoms with E-state index in [0.29, 0.717) is 6.54 Å². The van der Waals surface area contributed by atoms with E-state index in [9.17, 15) is 4.79 Å². The van der Waals surface area contributed by atoms with Crippen LogP contribution in [0, 0.1) is 0 Å². The molecule has 2 aliphatic carbocycles. The molecular weight excluding hydrogens is 491 g/mol. The van der Waals surface area contributed by atoms with Crippen LogP contribution >= 0.6 is 22.7 Å². The summed E-state index contributed by atoms with van der Waals surface area (Å²) in [5.41, 5.74) is 9.78. The number of carbonyl (C=O) groups is 1. The number of carbonyl (C=O) groups excluding carboxylic acids is 1. The molecule has 186 valence electrons. The Bertz CT molecular complexity index is 1430. The van der Waals surface area contributed by atoms with E-state index in [0.717, 1.165) is 48.8 Å². The van der Waals surface area contributed by atoms with Gasteiger partial charge in [-0.15, -0.1) is 0 Å². The van der Waals surface area contributed by atoms with Crippen LogP contribution in [0.4, 0.5) is 0 Å². The SMILES string of the molecule is O=C(c1ccccc1-c1ccsc1)N(Cc1cccc(-c2ccsc2)c1)C1CCC2=C(CC=CCC2)C1. The zero-order chi connectivity index (χ0) is 25.0. The molecule has 0 radical (unpaired) electrons. The highest BCUT2D eigenvalue weighted by Crippen LogP contribution is 2.37. The molecule has 4 aromatic rings. The summed E-state index contributed by atoms with van der Waals surface area (Å²) in [7, 11) is 0. The fraction of sp³-hybridized carbons (Fsp3) is 0.242. The van der Waals surface area contributed by atoms with Gasteiger partial charge < -0.3 is 4.90 Å². The first-order chi connectivity index (χ1) is 18.3. The predicted molar refractivity (Wildman–Crippen MR) is 157 cm³/mol. The first kappa shape index (κ1) is 24.1. The second kappa shape index (κ2) is 11.0. The van der Waals surface area contributed by atoms with Gasteiger partial charge in [-0.2, -0.15) is 22.7 Å². The normalized spacial score (nSPS) is 17.4. The fourth-order valence-electron chi connectivity index (χ4n) is 5.78. The molecule has 2 aromatic heterocycles. The maximum Gasteiger partial charge on any atom is 0.255 e. The van der Waals surface area contributed by atoms with Crippen LogP contribution in [0.2, 0.25) is 0 Å². The number of hydrogen-bond donors (Lipinski definition) is 0. The minimum Gasteiger partial charge on any atom is -0.331 e. The summed E-state index contributed by atoms with van der Waals surface area (Å²) in [6.45, 7) is 0.623. The van der Waals surface area contributed by atoms with Gasteiger partial charge in [0.25, 0.3) is 5.91 Å². The second-order valence-electron chi connectivity index (χ2n) is 10.0. The molecule has 6 rings (SSSR count). The quantitative estimate of drug-likeness (QED) is 0.231. The zero-order valence-corrected chi connectivity index (χ0v) is 22.6. The smallest absolute Gasteiger partial charge is 0.255 e. The third-order valence-electron chi connectivity index (χ3n) is 7.73. The van der Waals surface area contributed by atoms with Gasteiger partial charge in [-0.3, -0.25) is 4.79 Å². The van der Waals surface area contributed by atoms with Crippen molar-refractivity contribution >= 4 is 28.6 Å². The van der Waals surface area contributed by atoms with Crippen LogP contribution in [-0.2, 0) is 6.54 Å². The number of amides is 1. The lowest BCUT2D eigenvalue weighted by Crippen LogP contribution is -2.41. The summed E-state index contributed by atoms with van der Waals surface area (Å²) in [4.78, 5) is 16.6. The standard InChI is InChI=1S/C33H31NOS2/c35-33(32-12-5-4-11-31(32)29-16-18-37-23-29)34(30-14-13-25-8-2-1-3-9-27(25)20-30)21-24-7-6-10-26(19-24)28-15-17-36-22-28/h1,3-7,10-12,15-19,22-23,30H,2,8-9,13-14,20-21H2. The highest BCUT2D eigenvalue weighted by atomic mass is 32.1. The Kier molecular flexibility index (Phi) is 7.20. The van der Waals surface area contributed by atoms with E-state index in [1.165, 1.54) is 23.1 Å². The van der Waals surface area contributed by atoms with Crippen molar-refractivity contribution in [3.63, 3.8) is 0 Å². The van der Waals surface area contributed by atoms with Crippen molar-refractivity contribution in [3.05, 3.63) is 117 Å². The molecule has 2 aliphatic rings. The molecule has 0 aliphatic heterocycles. The molecule has 1 atom stereocenters. The maximum atomic E-state index is 14.4. The molecule has 0 N–H and O–H groups in total. The highest BCUT2D eigenvalue weighted by molar-refractivity contribution is 7.08. The van der Waals surface area contributed by atoms with Gasteiger partial charge in [0, 0.05) is 18.2 Å². The van der Waals surface area contributed by atoms with E-state index < -0.39 is 0 Å². The molecule has 0 bridgehead atoms. The van der Waals surface area contributed by atoms with E-state index >= 15 is 0 Å². The van der Waals surface area contributed by atoms with Gasteiger partial charge in [-0.05, 0) is 112 Å². The van der Waals surface area contributed by atoms with Crippen LogP contribution in [0.15, 0.2) is 105 Å². The lowest BCUT2D eigenvalue weighted by atomic mass is 9.84. The number of benzene rings is 2. The third-order valence-corrected chi connectivity index (χ3v) is 9.10. The summed E-state index contributed by atoms with van der Waals surface area (Å²) < 4.78 is 0. The van der Waals surface area contributed by atoms with Crippen molar-refractivity contribution in [3.8, 4) is 22.3 Å². The van der Waals surface area contributed by atoms with Gasteiger partial charge in [0.05, 0.1) is 0 Å². The van der Waals surface area contributed by atoms with Crippen molar-refractivity contribution in [2.24, 2.45) is 0 Å². The van der Waals surface area contributed by atoms with E-state index in [-0.39, 0.29) is 11.9 Å². The van der Waals surface area contributed by atoms with Crippen LogP contribution in [0.3, 0.4) is 0 Å². The molecule has 0 spiro atoms. The van der Waals surface area contributed by atoms with Crippen LogP contribution in [0.25, 0.3) is 22.3 Å². The van der Waals surface area contributed by atoms with Crippen molar-refractivity contribution in [1.29, 1.82) is 0 Å². The molecule has 2 heterocycles. The number of thiophene rings is 2. The lowest BCUT2D eigenvalue weighted by molar-refractivity contribution is 0.0643. The molecule has 37 heavy (non-hydrogen) atoms. The largest absolute Gasteiger partial charge is 0.331 e. The number of hydrogen-bond acceptors (Lipinski definition) is 3. The maximum absolute atomic E-state index is 14.4. The monoisotopic (exact) mass is 521 g/mol. The second-order valence-corrected chi connectivity index (χ2v) is 11.6. The van der Waals surface area contributed by atoms with E-state index in [4.69, 9.17) is 0 Å². The van der Waals surface area contributed by atoms with Gasteiger partial charge in [0.15, 0.2) is 0 Å². The minimum atomic E-state index is 0.140. The fourth-order valence-corrected chi connectivity index (χ4v) is 7.10. The Morgan fingerprint density at radius 2 is 1.68 bits per heavy atom. The molecule has 1 amide bonds. The predicted octanol–water partition coefficient (Wildman–Crippen LogP) is 9.38.